The lowest BCUT2D eigenvalue weighted by molar-refractivity contribution is -0.110. The van der Waals surface area contributed by atoms with E-state index in [0.717, 1.165) is 5.56 Å². The zero-order chi connectivity index (χ0) is 23.4. The minimum atomic E-state index is -0.999. The van der Waals surface area contributed by atoms with E-state index in [4.69, 9.17) is 9.47 Å². The fraction of sp³-hybridized carbons (Fsp3) is 0.154. The summed E-state index contributed by atoms with van der Waals surface area (Å²) in [4.78, 5) is 24.3. The molecule has 7 heteroatoms. The third kappa shape index (κ3) is 4.52. The number of hydrogen-bond donors (Lipinski definition) is 3. The molecule has 0 bridgehead atoms. The Bertz CT molecular complexity index is 1220. The van der Waals surface area contributed by atoms with Crippen molar-refractivity contribution in [3.8, 4) is 11.5 Å². The number of aromatic carboxylic acids is 1. The molecule has 1 heterocycles. The average molecular weight is 444 g/mol. The molecule has 3 N–H and O–H groups in total. The molecule has 0 saturated carbocycles. The van der Waals surface area contributed by atoms with Crippen LogP contribution in [0.15, 0.2) is 66.7 Å². The molecule has 1 amide bonds. The van der Waals surface area contributed by atoms with E-state index in [1.807, 2.05) is 50.2 Å². The maximum atomic E-state index is 13.1. The molecular weight excluding hydrogens is 420 g/mol. The largest absolute Gasteiger partial charge is 0.490 e. The van der Waals surface area contributed by atoms with Crippen molar-refractivity contribution >= 4 is 34.5 Å². The van der Waals surface area contributed by atoms with Gasteiger partial charge in [0.05, 0.1) is 35.7 Å². The Morgan fingerprint density at radius 1 is 0.909 bits per heavy atom. The molecule has 0 aliphatic carbocycles. The number of carbonyl (C=O) groups is 2. The molecule has 0 spiro atoms. The number of amides is 1. The summed E-state index contributed by atoms with van der Waals surface area (Å²) < 4.78 is 11.5. The third-order valence-corrected chi connectivity index (χ3v) is 5.14. The first kappa shape index (κ1) is 22.0. The molecule has 1 aliphatic heterocycles. The number of benzene rings is 3. The maximum absolute atomic E-state index is 13.1. The average Bonchev–Trinajstić information content (AvgIpc) is 3.13. The fourth-order valence-electron chi connectivity index (χ4n) is 3.69. The number of anilines is 2. The number of nitrogens with one attached hydrogen (secondary N) is 2. The SMILES string of the molecule is CCOc1cc2c(cc1OCC)/C(=C(/Nc1ccc(C(=O)O)cc1)c1ccccc1)C(=O)N2. The molecule has 3 aromatic rings. The quantitative estimate of drug-likeness (QED) is 0.418. The maximum Gasteiger partial charge on any atom is 0.335 e. The van der Waals surface area contributed by atoms with Gasteiger partial charge in [-0.05, 0) is 49.7 Å². The monoisotopic (exact) mass is 444 g/mol. The summed E-state index contributed by atoms with van der Waals surface area (Å²) >= 11 is 0. The molecule has 0 saturated heterocycles. The number of fused-ring (bicyclic) bond motifs is 1. The molecule has 4 rings (SSSR count). The highest BCUT2D eigenvalue weighted by Gasteiger charge is 2.30. The van der Waals surface area contributed by atoms with Crippen LogP contribution in [0.4, 0.5) is 11.4 Å². The van der Waals surface area contributed by atoms with E-state index >= 15 is 0 Å². The lowest BCUT2D eigenvalue weighted by Crippen LogP contribution is -2.10. The zero-order valence-corrected chi connectivity index (χ0v) is 18.3. The van der Waals surface area contributed by atoms with Gasteiger partial charge in [0.1, 0.15) is 0 Å². The van der Waals surface area contributed by atoms with Crippen LogP contribution in [-0.4, -0.2) is 30.2 Å². The Hall–Kier alpha value is -4.26. The summed E-state index contributed by atoms with van der Waals surface area (Å²) in [6.07, 6.45) is 0. The Morgan fingerprint density at radius 3 is 2.15 bits per heavy atom. The van der Waals surface area contributed by atoms with Crippen molar-refractivity contribution in [1.82, 2.24) is 0 Å². The number of carboxylic acids is 1. The minimum absolute atomic E-state index is 0.184. The molecule has 168 valence electrons. The number of rotatable bonds is 8. The van der Waals surface area contributed by atoms with E-state index < -0.39 is 5.97 Å². The summed E-state index contributed by atoms with van der Waals surface area (Å²) in [5.74, 6) is -0.126. The van der Waals surface area contributed by atoms with Crippen molar-refractivity contribution in [3.05, 3.63) is 83.4 Å². The van der Waals surface area contributed by atoms with Crippen LogP contribution in [0.25, 0.3) is 11.3 Å². The van der Waals surface area contributed by atoms with Gasteiger partial charge in [-0.25, -0.2) is 4.79 Å². The van der Waals surface area contributed by atoms with E-state index in [1.54, 1.807) is 18.2 Å². The fourth-order valence-corrected chi connectivity index (χ4v) is 3.69. The third-order valence-electron chi connectivity index (χ3n) is 5.14. The van der Waals surface area contributed by atoms with Crippen LogP contribution in [0.3, 0.4) is 0 Å². The van der Waals surface area contributed by atoms with Gasteiger partial charge in [-0.3, -0.25) is 4.79 Å². The Kier molecular flexibility index (Phi) is 6.31. The highest BCUT2D eigenvalue weighted by atomic mass is 16.5. The molecule has 7 nitrogen and oxygen atoms in total. The topological polar surface area (TPSA) is 96.9 Å². The van der Waals surface area contributed by atoms with Gasteiger partial charge in [-0.2, -0.15) is 0 Å². The Labute approximate surface area is 191 Å². The summed E-state index contributed by atoms with van der Waals surface area (Å²) in [7, 11) is 0. The first-order valence-corrected chi connectivity index (χ1v) is 10.7. The molecule has 3 aromatic carbocycles. The Morgan fingerprint density at radius 2 is 1.55 bits per heavy atom. The predicted molar refractivity (Wildman–Crippen MR) is 128 cm³/mol. The summed E-state index contributed by atoms with van der Waals surface area (Å²) in [5.41, 5.74) is 4.04. The van der Waals surface area contributed by atoms with Crippen molar-refractivity contribution < 1.29 is 24.2 Å². The normalized spacial score (nSPS) is 13.7. The van der Waals surface area contributed by atoms with Crippen molar-refractivity contribution in [1.29, 1.82) is 0 Å². The summed E-state index contributed by atoms with van der Waals surface area (Å²) in [6, 6.07) is 19.5. The number of ether oxygens (including phenoxy) is 2. The van der Waals surface area contributed by atoms with E-state index in [1.165, 1.54) is 12.1 Å². The highest BCUT2D eigenvalue weighted by Crippen LogP contribution is 2.43. The van der Waals surface area contributed by atoms with E-state index in [2.05, 4.69) is 10.6 Å². The standard InChI is InChI=1S/C26H24N2O5/c1-3-32-21-14-19-20(15-22(21)33-4-2)28-25(29)23(19)24(16-8-6-5-7-9-16)27-18-12-10-17(11-13-18)26(30)31/h5-15,27H,3-4H2,1-2H3,(H,28,29)(H,30,31)/b24-23-. The van der Waals surface area contributed by atoms with Crippen molar-refractivity contribution in [3.63, 3.8) is 0 Å². The lowest BCUT2D eigenvalue weighted by Gasteiger charge is -2.16. The molecular formula is C26H24N2O5. The highest BCUT2D eigenvalue weighted by molar-refractivity contribution is 6.37. The van der Waals surface area contributed by atoms with Crippen LogP contribution in [0, 0.1) is 0 Å². The van der Waals surface area contributed by atoms with Gasteiger partial charge in [0.2, 0.25) is 0 Å². The molecule has 33 heavy (non-hydrogen) atoms. The zero-order valence-electron chi connectivity index (χ0n) is 18.3. The van der Waals surface area contributed by atoms with E-state index in [9.17, 15) is 14.7 Å². The second kappa shape index (κ2) is 9.48. The number of hydrogen-bond acceptors (Lipinski definition) is 5. The van der Waals surface area contributed by atoms with Gasteiger partial charge in [-0.15, -0.1) is 0 Å². The first-order chi connectivity index (χ1) is 16.0. The molecule has 0 unspecified atom stereocenters. The van der Waals surface area contributed by atoms with Gasteiger partial charge < -0.3 is 25.2 Å². The molecule has 0 fully saturated rings. The van der Waals surface area contributed by atoms with Gasteiger partial charge in [0, 0.05) is 17.3 Å². The van der Waals surface area contributed by atoms with Crippen LogP contribution < -0.4 is 20.1 Å². The van der Waals surface area contributed by atoms with E-state index in [-0.39, 0.29) is 11.5 Å². The van der Waals surface area contributed by atoms with Gasteiger partial charge in [0.25, 0.3) is 5.91 Å². The summed E-state index contributed by atoms with van der Waals surface area (Å²) in [5, 5.41) is 15.4. The van der Waals surface area contributed by atoms with Crippen molar-refractivity contribution in [2.75, 3.05) is 23.8 Å². The van der Waals surface area contributed by atoms with Crippen molar-refractivity contribution in [2.24, 2.45) is 0 Å². The van der Waals surface area contributed by atoms with Gasteiger partial charge >= 0.3 is 5.97 Å². The smallest absolute Gasteiger partial charge is 0.335 e. The summed E-state index contributed by atoms with van der Waals surface area (Å²) in [6.45, 7) is 4.71. The predicted octanol–water partition coefficient (Wildman–Crippen LogP) is 5.11. The molecule has 0 aromatic heterocycles. The van der Waals surface area contributed by atoms with Crippen LogP contribution in [-0.2, 0) is 4.79 Å². The first-order valence-electron chi connectivity index (χ1n) is 10.7. The molecule has 0 radical (unpaired) electrons. The second-order valence-electron chi connectivity index (χ2n) is 7.29. The molecule has 1 aliphatic rings. The van der Waals surface area contributed by atoms with Crippen LogP contribution in [0.5, 0.6) is 11.5 Å². The van der Waals surface area contributed by atoms with E-state index in [0.29, 0.717) is 52.9 Å². The Balaban J connectivity index is 1.86. The number of carboxylic acid groups (broad SMARTS) is 1. The second-order valence-corrected chi connectivity index (χ2v) is 7.29. The minimum Gasteiger partial charge on any atom is -0.490 e. The molecule has 0 atom stereocenters. The van der Waals surface area contributed by atoms with Gasteiger partial charge in [0.15, 0.2) is 11.5 Å². The van der Waals surface area contributed by atoms with Crippen LogP contribution >= 0.6 is 0 Å². The van der Waals surface area contributed by atoms with Gasteiger partial charge in [-0.1, -0.05) is 30.3 Å². The van der Waals surface area contributed by atoms with Crippen LogP contribution in [0.1, 0.15) is 35.3 Å². The number of carbonyl (C=O) groups excluding carboxylic acids is 1. The van der Waals surface area contributed by atoms with Crippen molar-refractivity contribution in [2.45, 2.75) is 13.8 Å². The van der Waals surface area contributed by atoms with Crippen LogP contribution in [0.2, 0.25) is 0 Å². The lowest BCUT2D eigenvalue weighted by atomic mass is 9.99.